The molecular weight excluding hydrogens is 238 g/mol. The molecule has 4 nitrogen and oxygen atoms in total. The monoisotopic (exact) mass is 267 g/mol. The normalized spacial score (nSPS) is 32.5. The second kappa shape index (κ2) is 6.71. The van der Waals surface area contributed by atoms with Crippen LogP contribution in [-0.4, -0.2) is 55.0 Å². The molecule has 1 atom stereocenters. The molecule has 0 aromatic carbocycles. The number of likely N-dealkylation sites (N-methyl/N-ethyl adjacent to an activating group) is 2. The van der Waals surface area contributed by atoms with E-state index >= 15 is 0 Å². The summed E-state index contributed by atoms with van der Waals surface area (Å²) < 4.78 is 0. The Bertz CT molecular complexity index is 300. The van der Waals surface area contributed by atoms with Crippen molar-refractivity contribution in [1.82, 2.24) is 9.80 Å². The fraction of sp³-hybridized carbons (Fsp3) is 0.933. The molecule has 0 spiro atoms. The minimum atomic E-state index is 0.320. The summed E-state index contributed by atoms with van der Waals surface area (Å²) in [6.45, 7) is 2.06. The van der Waals surface area contributed by atoms with Crippen molar-refractivity contribution in [3.63, 3.8) is 0 Å². The van der Waals surface area contributed by atoms with E-state index in [1.165, 1.54) is 19.4 Å². The summed E-state index contributed by atoms with van der Waals surface area (Å²) in [5.74, 6) is 0.886. The van der Waals surface area contributed by atoms with Gasteiger partial charge in [-0.1, -0.05) is 0 Å². The van der Waals surface area contributed by atoms with Crippen LogP contribution in [-0.2, 0) is 4.79 Å². The molecule has 0 aromatic heterocycles. The number of nitrogens with zero attached hydrogens (tertiary/aromatic N) is 2. The number of likely N-dealkylation sites (tertiary alicyclic amines) is 1. The lowest BCUT2D eigenvalue weighted by Gasteiger charge is -2.29. The van der Waals surface area contributed by atoms with Gasteiger partial charge in [-0.05, 0) is 58.0 Å². The molecule has 0 bridgehead atoms. The van der Waals surface area contributed by atoms with Crippen molar-refractivity contribution in [1.29, 1.82) is 0 Å². The Hall–Kier alpha value is -0.610. The molecule has 2 fully saturated rings. The molecule has 2 rings (SSSR count). The molecule has 1 unspecified atom stereocenters. The van der Waals surface area contributed by atoms with Crippen LogP contribution in [0.3, 0.4) is 0 Å². The van der Waals surface area contributed by atoms with Crippen LogP contribution in [0.15, 0.2) is 0 Å². The number of amides is 1. The highest BCUT2D eigenvalue weighted by Crippen LogP contribution is 2.26. The summed E-state index contributed by atoms with van der Waals surface area (Å²) in [4.78, 5) is 16.6. The first-order chi connectivity index (χ1) is 9.06. The highest BCUT2D eigenvalue weighted by Gasteiger charge is 2.26. The summed E-state index contributed by atoms with van der Waals surface area (Å²) in [6, 6.07) is 0.935. The zero-order valence-electron chi connectivity index (χ0n) is 12.5. The Morgan fingerprint density at radius 2 is 1.95 bits per heavy atom. The third kappa shape index (κ3) is 4.18. The van der Waals surface area contributed by atoms with Gasteiger partial charge in [0.2, 0.25) is 5.91 Å². The van der Waals surface area contributed by atoms with Crippen molar-refractivity contribution in [3.05, 3.63) is 0 Å². The van der Waals surface area contributed by atoms with Gasteiger partial charge in [-0.15, -0.1) is 0 Å². The average Bonchev–Trinajstić information content (AvgIpc) is 2.78. The number of rotatable bonds is 4. The lowest BCUT2D eigenvalue weighted by Crippen LogP contribution is -2.40. The smallest absolute Gasteiger partial charge is 0.222 e. The number of hydrogen-bond acceptors (Lipinski definition) is 3. The summed E-state index contributed by atoms with van der Waals surface area (Å²) in [7, 11) is 4.13. The molecule has 1 saturated carbocycles. The maximum atomic E-state index is 12.3. The average molecular weight is 267 g/mol. The van der Waals surface area contributed by atoms with E-state index in [9.17, 15) is 4.79 Å². The predicted octanol–water partition coefficient (Wildman–Crippen LogP) is 1.45. The molecule has 1 aliphatic heterocycles. The van der Waals surface area contributed by atoms with E-state index in [1.807, 2.05) is 11.9 Å². The summed E-state index contributed by atoms with van der Waals surface area (Å²) in [5, 5.41) is 0. The number of carbonyl (C=O) groups is 1. The van der Waals surface area contributed by atoms with E-state index < -0.39 is 0 Å². The highest BCUT2D eigenvalue weighted by molar-refractivity contribution is 5.76. The Kier molecular flexibility index (Phi) is 5.22. The third-order valence-electron chi connectivity index (χ3n) is 4.94. The van der Waals surface area contributed by atoms with E-state index in [2.05, 4.69) is 11.9 Å². The van der Waals surface area contributed by atoms with Crippen molar-refractivity contribution in [2.75, 3.05) is 27.2 Å². The minimum Gasteiger partial charge on any atom is -0.344 e. The molecule has 1 aliphatic carbocycles. The maximum Gasteiger partial charge on any atom is 0.222 e. The van der Waals surface area contributed by atoms with Gasteiger partial charge in [-0.3, -0.25) is 4.79 Å². The quantitative estimate of drug-likeness (QED) is 0.838. The van der Waals surface area contributed by atoms with Gasteiger partial charge in [0, 0.05) is 32.1 Å². The largest absolute Gasteiger partial charge is 0.344 e. The van der Waals surface area contributed by atoms with Crippen molar-refractivity contribution in [2.45, 2.75) is 57.0 Å². The van der Waals surface area contributed by atoms with E-state index in [4.69, 9.17) is 5.73 Å². The van der Waals surface area contributed by atoms with E-state index in [0.29, 0.717) is 23.9 Å². The zero-order chi connectivity index (χ0) is 13.8. The van der Waals surface area contributed by atoms with Crippen LogP contribution in [0.2, 0.25) is 0 Å². The summed E-state index contributed by atoms with van der Waals surface area (Å²) >= 11 is 0. The number of hydrogen-bond donors (Lipinski definition) is 1. The Morgan fingerprint density at radius 1 is 1.26 bits per heavy atom. The van der Waals surface area contributed by atoms with Crippen molar-refractivity contribution in [3.8, 4) is 0 Å². The van der Waals surface area contributed by atoms with Gasteiger partial charge in [-0.2, -0.15) is 0 Å². The van der Waals surface area contributed by atoms with Crippen molar-refractivity contribution < 1.29 is 4.79 Å². The van der Waals surface area contributed by atoms with Crippen LogP contribution in [0.25, 0.3) is 0 Å². The topological polar surface area (TPSA) is 49.6 Å². The van der Waals surface area contributed by atoms with Gasteiger partial charge >= 0.3 is 0 Å². The molecule has 1 saturated heterocycles. The minimum absolute atomic E-state index is 0.320. The van der Waals surface area contributed by atoms with E-state index in [0.717, 1.165) is 38.6 Å². The van der Waals surface area contributed by atoms with Crippen LogP contribution in [0, 0.1) is 5.92 Å². The molecule has 0 radical (unpaired) electrons. The molecule has 1 amide bonds. The van der Waals surface area contributed by atoms with E-state index in [-0.39, 0.29) is 0 Å². The fourth-order valence-corrected chi connectivity index (χ4v) is 3.42. The first-order valence-electron chi connectivity index (χ1n) is 7.76. The van der Waals surface area contributed by atoms with Gasteiger partial charge in [0.25, 0.3) is 0 Å². The number of carbonyl (C=O) groups excluding carboxylic acids is 1. The number of nitrogens with two attached hydrogens (primary N) is 1. The molecule has 0 aromatic rings. The summed E-state index contributed by atoms with van der Waals surface area (Å²) in [5.41, 5.74) is 5.91. The van der Waals surface area contributed by atoms with Crippen molar-refractivity contribution in [2.24, 2.45) is 11.7 Å². The van der Waals surface area contributed by atoms with Crippen LogP contribution < -0.4 is 5.73 Å². The molecule has 19 heavy (non-hydrogen) atoms. The van der Waals surface area contributed by atoms with Gasteiger partial charge in [0.05, 0.1) is 0 Å². The van der Waals surface area contributed by atoms with Gasteiger partial charge < -0.3 is 15.5 Å². The van der Waals surface area contributed by atoms with Crippen LogP contribution in [0.4, 0.5) is 0 Å². The zero-order valence-corrected chi connectivity index (χ0v) is 12.5. The lowest BCUT2D eigenvalue weighted by atomic mass is 9.84. The third-order valence-corrected chi connectivity index (χ3v) is 4.94. The molecule has 2 N–H and O–H groups in total. The Balaban J connectivity index is 1.73. The molecule has 2 aliphatic rings. The summed E-state index contributed by atoms with van der Waals surface area (Å²) in [6.07, 6.45) is 7.66. The molecule has 1 heterocycles. The molecule has 110 valence electrons. The van der Waals surface area contributed by atoms with Gasteiger partial charge in [0.15, 0.2) is 0 Å². The maximum absolute atomic E-state index is 12.3. The fourth-order valence-electron chi connectivity index (χ4n) is 3.42. The van der Waals surface area contributed by atoms with Crippen LogP contribution in [0.5, 0.6) is 0 Å². The van der Waals surface area contributed by atoms with Gasteiger partial charge in [0.1, 0.15) is 0 Å². The van der Waals surface area contributed by atoms with Crippen LogP contribution >= 0.6 is 0 Å². The highest BCUT2D eigenvalue weighted by atomic mass is 16.2. The predicted molar refractivity (Wildman–Crippen MR) is 77.8 cm³/mol. The Labute approximate surface area is 117 Å². The second-order valence-electron chi connectivity index (χ2n) is 6.54. The van der Waals surface area contributed by atoms with Gasteiger partial charge in [-0.25, -0.2) is 0 Å². The first kappa shape index (κ1) is 14.8. The Morgan fingerprint density at radius 3 is 2.53 bits per heavy atom. The SMILES string of the molecule is CN(CC1CCCN1C)C(=O)CC1CCC(N)CC1. The first-order valence-corrected chi connectivity index (χ1v) is 7.76. The van der Waals surface area contributed by atoms with Crippen LogP contribution in [0.1, 0.15) is 44.9 Å². The molecular formula is C15H29N3O. The molecule has 4 heteroatoms. The second-order valence-corrected chi connectivity index (χ2v) is 6.54. The lowest BCUT2D eigenvalue weighted by molar-refractivity contribution is -0.131. The van der Waals surface area contributed by atoms with E-state index in [1.54, 1.807) is 0 Å². The van der Waals surface area contributed by atoms with Crippen molar-refractivity contribution >= 4 is 5.91 Å². The standard InChI is InChI=1S/C15H29N3O/c1-17-9-3-4-14(17)11-18(2)15(19)10-12-5-7-13(16)8-6-12/h12-14H,3-11,16H2,1-2H3.